The van der Waals surface area contributed by atoms with E-state index in [9.17, 15) is 15.0 Å². The standard InChI is InChI=1S/C17H26O4/c1-9(2)11-8-12(16(20)21-17(5,6)7)15(19)13(10(3)4)14(11)18/h8-10,18-19H,1-7H3. The molecule has 0 unspecified atom stereocenters. The van der Waals surface area contributed by atoms with Crippen molar-refractivity contribution in [2.75, 3.05) is 0 Å². The Morgan fingerprint density at radius 1 is 1.05 bits per heavy atom. The number of aromatic hydroxyl groups is 2. The number of phenols is 2. The summed E-state index contributed by atoms with van der Waals surface area (Å²) in [6.07, 6.45) is 0. The zero-order valence-corrected chi connectivity index (χ0v) is 13.9. The van der Waals surface area contributed by atoms with E-state index in [1.807, 2.05) is 27.7 Å². The van der Waals surface area contributed by atoms with E-state index in [-0.39, 0.29) is 28.9 Å². The molecule has 0 aliphatic carbocycles. The third-order valence-corrected chi connectivity index (χ3v) is 3.16. The Morgan fingerprint density at radius 2 is 1.57 bits per heavy atom. The highest BCUT2D eigenvalue weighted by molar-refractivity contribution is 5.94. The topological polar surface area (TPSA) is 66.8 Å². The summed E-state index contributed by atoms with van der Waals surface area (Å²) in [5.41, 5.74) is 0.492. The predicted molar refractivity (Wildman–Crippen MR) is 83.1 cm³/mol. The van der Waals surface area contributed by atoms with E-state index in [0.29, 0.717) is 11.1 Å². The summed E-state index contributed by atoms with van der Waals surface area (Å²) in [5, 5.41) is 20.7. The molecule has 1 rings (SSSR count). The molecule has 0 heterocycles. The molecule has 4 nitrogen and oxygen atoms in total. The van der Waals surface area contributed by atoms with E-state index in [1.165, 1.54) is 6.07 Å². The summed E-state index contributed by atoms with van der Waals surface area (Å²) in [4.78, 5) is 12.3. The summed E-state index contributed by atoms with van der Waals surface area (Å²) in [7, 11) is 0. The maximum Gasteiger partial charge on any atom is 0.342 e. The summed E-state index contributed by atoms with van der Waals surface area (Å²) < 4.78 is 5.33. The molecule has 0 aliphatic rings. The molecular weight excluding hydrogens is 268 g/mol. The number of benzene rings is 1. The smallest absolute Gasteiger partial charge is 0.342 e. The number of esters is 1. The molecule has 0 bridgehead atoms. The van der Waals surface area contributed by atoms with Crippen LogP contribution in [0.2, 0.25) is 0 Å². The lowest BCUT2D eigenvalue weighted by atomic mass is 9.90. The monoisotopic (exact) mass is 294 g/mol. The van der Waals surface area contributed by atoms with Crippen molar-refractivity contribution in [2.45, 2.75) is 65.9 Å². The SMILES string of the molecule is CC(C)c1cc(C(=O)OC(C)(C)C)c(O)c(C(C)C)c1O. The van der Waals surface area contributed by atoms with Crippen molar-refractivity contribution in [1.82, 2.24) is 0 Å². The van der Waals surface area contributed by atoms with Crippen molar-refractivity contribution in [3.05, 3.63) is 22.8 Å². The molecule has 0 fully saturated rings. The normalized spacial score (nSPS) is 12.0. The maximum atomic E-state index is 12.3. The first-order valence-corrected chi connectivity index (χ1v) is 7.27. The van der Waals surface area contributed by atoms with Gasteiger partial charge in [0.05, 0.1) is 0 Å². The fourth-order valence-corrected chi connectivity index (χ4v) is 2.18. The van der Waals surface area contributed by atoms with Gasteiger partial charge in [-0.2, -0.15) is 0 Å². The fourth-order valence-electron chi connectivity index (χ4n) is 2.18. The van der Waals surface area contributed by atoms with Crippen LogP contribution in [0.25, 0.3) is 0 Å². The molecular formula is C17H26O4. The molecule has 0 aliphatic heterocycles. The number of rotatable bonds is 3. The number of carbonyl (C=O) groups is 1. The summed E-state index contributed by atoms with van der Waals surface area (Å²) in [5.74, 6) is -0.788. The van der Waals surface area contributed by atoms with Crippen LogP contribution in [-0.4, -0.2) is 21.8 Å². The molecule has 2 N–H and O–H groups in total. The average Bonchev–Trinajstić information content (AvgIpc) is 2.25. The van der Waals surface area contributed by atoms with Gasteiger partial charge >= 0.3 is 5.97 Å². The van der Waals surface area contributed by atoms with Crippen LogP contribution >= 0.6 is 0 Å². The molecule has 0 spiro atoms. The van der Waals surface area contributed by atoms with E-state index in [0.717, 1.165) is 0 Å². The Bertz CT molecular complexity index is 537. The maximum absolute atomic E-state index is 12.3. The number of ether oxygens (including phenoxy) is 1. The minimum absolute atomic E-state index is 0.0317. The van der Waals surface area contributed by atoms with Gasteiger partial charge < -0.3 is 14.9 Å². The van der Waals surface area contributed by atoms with Gasteiger partial charge in [0.15, 0.2) is 0 Å². The molecule has 0 atom stereocenters. The van der Waals surface area contributed by atoms with Crippen molar-refractivity contribution in [3.8, 4) is 11.5 Å². The van der Waals surface area contributed by atoms with Crippen LogP contribution in [0.4, 0.5) is 0 Å². The molecule has 118 valence electrons. The lowest BCUT2D eigenvalue weighted by Gasteiger charge is -2.23. The summed E-state index contributed by atoms with van der Waals surface area (Å²) in [6, 6.07) is 1.52. The molecule has 0 aromatic heterocycles. The third-order valence-electron chi connectivity index (χ3n) is 3.16. The van der Waals surface area contributed by atoms with Crippen molar-refractivity contribution in [3.63, 3.8) is 0 Å². The summed E-state index contributed by atoms with van der Waals surface area (Å²) in [6.45, 7) is 12.9. The van der Waals surface area contributed by atoms with Crippen LogP contribution in [0.1, 0.15) is 81.8 Å². The average molecular weight is 294 g/mol. The molecule has 1 aromatic carbocycles. The molecule has 0 radical (unpaired) electrons. The Hall–Kier alpha value is -1.71. The molecule has 0 saturated heterocycles. The summed E-state index contributed by atoms with van der Waals surface area (Å²) >= 11 is 0. The Balaban J connectivity index is 3.49. The molecule has 1 aromatic rings. The van der Waals surface area contributed by atoms with E-state index in [2.05, 4.69) is 0 Å². The highest BCUT2D eigenvalue weighted by Gasteiger charge is 2.27. The second kappa shape index (κ2) is 5.96. The molecule has 21 heavy (non-hydrogen) atoms. The Kier molecular flexibility index (Phi) is 4.92. The van der Waals surface area contributed by atoms with Crippen LogP contribution in [-0.2, 0) is 4.74 Å². The molecule has 0 saturated carbocycles. The number of phenolic OH excluding ortho intramolecular Hbond substituents is 2. The van der Waals surface area contributed by atoms with Gasteiger partial charge in [-0.1, -0.05) is 27.7 Å². The minimum atomic E-state index is -0.641. The lowest BCUT2D eigenvalue weighted by molar-refractivity contribution is 0.00665. The van der Waals surface area contributed by atoms with Crippen LogP contribution in [0.5, 0.6) is 11.5 Å². The Morgan fingerprint density at radius 3 is 1.95 bits per heavy atom. The quantitative estimate of drug-likeness (QED) is 0.816. The lowest BCUT2D eigenvalue weighted by Crippen LogP contribution is -2.24. The van der Waals surface area contributed by atoms with E-state index in [1.54, 1.807) is 20.8 Å². The van der Waals surface area contributed by atoms with Gasteiger partial charge in [0, 0.05) is 5.56 Å². The van der Waals surface area contributed by atoms with E-state index in [4.69, 9.17) is 4.74 Å². The molecule has 0 amide bonds. The van der Waals surface area contributed by atoms with E-state index < -0.39 is 11.6 Å². The van der Waals surface area contributed by atoms with Crippen LogP contribution < -0.4 is 0 Å². The van der Waals surface area contributed by atoms with Gasteiger partial charge in [-0.25, -0.2) is 4.79 Å². The van der Waals surface area contributed by atoms with Crippen molar-refractivity contribution in [1.29, 1.82) is 0 Å². The number of hydrogen-bond donors (Lipinski definition) is 2. The van der Waals surface area contributed by atoms with Gasteiger partial charge in [-0.15, -0.1) is 0 Å². The predicted octanol–water partition coefficient (Wildman–Crippen LogP) is 4.30. The second-order valence-electron chi connectivity index (χ2n) is 6.94. The highest BCUT2D eigenvalue weighted by atomic mass is 16.6. The van der Waals surface area contributed by atoms with Gasteiger partial charge in [0.2, 0.25) is 0 Å². The van der Waals surface area contributed by atoms with Gasteiger partial charge in [-0.05, 0) is 44.2 Å². The van der Waals surface area contributed by atoms with Crippen molar-refractivity contribution >= 4 is 5.97 Å². The van der Waals surface area contributed by atoms with Crippen LogP contribution in [0, 0.1) is 0 Å². The van der Waals surface area contributed by atoms with Gasteiger partial charge in [0.1, 0.15) is 22.7 Å². The van der Waals surface area contributed by atoms with Crippen molar-refractivity contribution in [2.24, 2.45) is 0 Å². The number of hydrogen-bond acceptors (Lipinski definition) is 4. The fraction of sp³-hybridized carbons (Fsp3) is 0.588. The first-order chi connectivity index (χ1) is 9.45. The molecule has 4 heteroatoms. The minimum Gasteiger partial charge on any atom is -0.507 e. The second-order valence-corrected chi connectivity index (χ2v) is 6.94. The largest absolute Gasteiger partial charge is 0.507 e. The zero-order chi connectivity index (χ0) is 16.5. The number of carbonyl (C=O) groups excluding carboxylic acids is 1. The first kappa shape index (κ1) is 17.3. The van der Waals surface area contributed by atoms with Gasteiger partial charge in [-0.3, -0.25) is 0 Å². The van der Waals surface area contributed by atoms with Crippen LogP contribution in [0.3, 0.4) is 0 Å². The zero-order valence-electron chi connectivity index (χ0n) is 13.9. The Labute approximate surface area is 126 Å². The highest BCUT2D eigenvalue weighted by Crippen LogP contribution is 2.42. The third kappa shape index (κ3) is 3.90. The first-order valence-electron chi connectivity index (χ1n) is 7.27. The van der Waals surface area contributed by atoms with E-state index >= 15 is 0 Å². The van der Waals surface area contributed by atoms with Crippen LogP contribution in [0.15, 0.2) is 6.07 Å². The van der Waals surface area contributed by atoms with Crippen molar-refractivity contribution < 1.29 is 19.7 Å². The van der Waals surface area contributed by atoms with Gasteiger partial charge in [0.25, 0.3) is 0 Å².